The van der Waals surface area contributed by atoms with Gasteiger partial charge in [-0.15, -0.1) is 0 Å². The molecule has 1 heterocycles. The topological polar surface area (TPSA) is 115 Å². The number of nitrogens with one attached hydrogen (secondary N) is 1. The van der Waals surface area contributed by atoms with E-state index >= 15 is 0 Å². The summed E-state index contributed by atoms with van der Waals surface area (Å²) in [4.78, 5) is 13.5. The molecule has 0 aliphatic rings. The molecule has 36 heavy (non-hydrogen) atoms. The van der Waals surface area contributed by atoms with E-state index in [1.54, 1.807) is 12.1 Å². The minimum atomic E-state index is -3.68. The largest absolute Gasteiger partial charge is 0.345 e. The van der Waals surface area contributed by atoms with Gasteiger partial charge in [-0.1, -0.05) is 19.1 Å². The van der Waals surface area contributed by atoms with Crippen LogP contribution < -0.4 is 5.32 Å². The summed E-state index contributed by atoms with van der Waals surface area (Å²) in [6.45, 7) is 1.87. The van der Waals surface area contributed by atoms with Crippen LogP contribution in [-0.4, -0.2) is 45.0 Å². The first-order valence-electron chi connectivity index (χ1n) is 11.0. The quantitative estimate of drug-likeness (QED) is 0.389. The number of hydrogen-bond acceptors (Lipinski definition) is 6. The van der Waals surface area contributed by atoms with Gasteiger partial charge in [0, 0.05) is 17.9 Å². The number of halogens is 1. The fraction of sp³-hybridized carbons (Fsp3) is 0.200. The molecule has 0 saturated carbocycles. The van der Waals surface area contributed by atoms with Crippen molar-refractivity contribution in [3.63, 3.8) is 0 Å². The lowest BCUT2D eigenvalue weighted by Gasteiger charge is -2.18. The molecule has 8 nitrogen and oxygen atoms in total. The van der Waals surface area contributed by atoms with E-state index in [4.69, 9.17) is 0 Å². The van der Waals surface area contributed by atoms with Gasteiger partial charge in [-0.25, -0.2) is 25.9 Å². The zero-order valence-electron chi connectivity index (χ0n) is 19.8. The van der Waals surface area contributed by atoms with Crippen LogP contribution in [0.1, 0.15) is 35.3 Å². The molecule has 11 heteroatoms. The monoisotopic (exact) mass is 529 g/mol. The summed E-state index contributed by atoms with van der Waals surface area (Å²) in [5, 5.41) is 7.65. The van der Waals surface area contributed by atoms with Crippen LogP contribution in [0.25, 0.3) is 16.6 Å². The zero-order chi connectivity index (χ0) is 26.3. The van der Waals surface area contributed by atoms with Crippen molar-refractivity contribution in [3.8, 4) is 5.69 Å². The molecule has 4 aromatic rings. The highest BCUT2D eigenvalue weighted by Gasteiger charge is 2.22. The predicted molar refractivity (Wildman–Crippen MR) is 134 cm³/mol. The summed E-state index contributed by atoms with van der Waals surface area (Å²) < 4.78 is 63.2. The fourth-order valence-electron chi connectivity index (χ4n) is 3.90. The Labute approximate surface area is 208 Å². The SMILES string of the molecule is CC[C@H](NC(=O)c1cc(S(C)(=O)=O)cc2c1cnn2-c1ccc(F)cc1)c1ccc(S(C)(=O)=O)cc1. The number of carbonyl (C=O) groups is 1. The molecule has 0 radical (unpaired) electrons. The maximum absolute atomic E-state index is 13.4. The number of hydrogen-bond donors (Lipinski definition) is 1. The highest BCUT2D eigenvalue weighted by molar-refractivity contribution is 7.91. The molecule has 0 saturated heterocycles. The number of carbonyl (C=O) groups excluding carboxylic acids is 1. The lowest BCUT2D eigenvalue weighted by molar-refractivity contribution is 0.0937. The molecule has 188 valence electrons. The summed E-state index contributed by atoms with van der Waals surface area (Å²) in [7, 11) is -7.04. The van der Waals surface area contributed by atoms with Gasteiger partial charge in [-0.2, -0.15) is 5.10 Å². The summed E-state index contributed by atoms with van der Waals surface area (Å²) in [5.74, 6) is -0.939. The van der Waals surface area contributed by atoms with Crippen molar-refractivity contribution >= 4 is 36.5 Å². The Morgan fingerprint density at radius 2 is 1.56 bits per heavy atom. The third kappa shape index (κ3) is 5.17. The maximum Gasteiger partial charge on any atom is 0.252 e. The minimum Gasteiger partial charge on any atom is -0.345 e. The Balaban J connectivity index is 1.77. The minimum absolute atomic E-state index is 0.0606. The summed E-state index contributed by atoms with van der Waals surface area (Å²) in [6.07, 6.45) is 4.13. The third-order valence-electron chi connectivity index (χ3n) is 5.83. The highest BCUT2D eigenvalue weighted by atomic mass is 32.2. The first-order chi connectivity index (χ1) is 16.9. The lowest BCUT2D eigenvalue weighted by Crippen LogP contribution is -2.28. The molecule has 1 aromatic heterocycles. The van der Waals surface area contributed by atoms with Crippen molar-refractivity contribution in [2.24, 2.45) is 0 Å². The number of benzene rings is 3. The second-order valence-electron chi connectivity index (χ2n) is 8.48. The fourth-order valence-corrected chi connectivity index (χ4v) is 5.18. The van der Waals surface area contributed by atoms with Crippen molar-refractivity contribution in [2.75, 3.05) is 12.5 Å². The van der Waals surface area contributed by atoms with Crippen LogP contribution >= 0.6 is 0 Å². The lowest BCUT2D eigenvalue weighted by atomic mass is 10.0. The van der Waals surface area contributed by atoms with E-state index in [0.717, 1.165) is 12.5 Å². The average Bonchev–Trinajstić information content (AvgIpc) is 3.25. The summed E-state index contributed by atoms with van der Waals surface area (Å²) in [6, 6.07) is 14.1. The van der Waals surface area contributed by atoms with Gasteiger partial charge in [0.15, 0.2) is 19.7 Å². The average molecular weight is 530 g/mol. The molecular weight excluding hydrogens is 505 g/mol. The first kappa shape index (κ1) is 25.5. The number of rotatable bonds is 7. The Hall–Kier alpha value is -3.57. The summed E-state index contributed by atoms with van der Waals surface area (Å²) in [5.41, 5.74) is 1.70. The molecule has 0 bridgehead atoms. The van der Waals surface area contributed by atoms with E-state index in [9.17, 15) is 26.0 Å². The van der Waals surface area contributed by atoms with Crippen LogP contribution in [0.4, 0.5) is 4.39 Å². The van der Waals surface area contributed by atoms with Gasteiger partial charge in [0.1, 0.15) is 5.82 Å². The molecule has 1 atom stereocenters. The second-order valence-corrected chi connectivity index (χ2v) is 12.5. The number of amides is 1. The van der Waals surface area contributed by atoms with Crippen LogP contribution in [-0.2, 0) is 19.7 Å². The molecule has 0 fully saturated rings. The van der Waals surface area contributed by atoms with Crippen LogP contribution in [0.2, 0.25) is 0 Å². The zero-order valence-corrected chi connectivity index (χ0v) is 21.4. The molecule has 0 aliphatic carbocycles. The molecule has 0 aliphatic heterocycles. The molecule has 0 spiro atoms. The van der Waals surface area contributed by atoms with Gasteiger partial charge in [0.05, 0.1) is 38.8 Å². The predicted octanol–water partition coefficient (Wildman–Crippen LogP) is 3.85. The van der Waals surface area contributed by atoms with Crippen molar-refractivity contribution in [1.82, 2.24) is 15.1 Å². The summed E-state index contributed by atoms with van der Waals surface area (Å²) >= 11 is 0. The van der Waals surface area contributed by atoms with Crippen molar-refractivity contribution in [3.05, 3.63) is 83.8 Å². The standard InChI is InChI=1S/C25H24FN3O5S2/c1-4-23(16-5-11-19(12-6-16)35(2,31)32)28-25(30)21-13-20(36(3,33)34)14-24-22(21)15-27-29(24)18-9-7-17(26)8-10-18/h5-15,23H,4H2,1-3H3,(H,28,30)/t23-/m0/s1. The van der Waals surface area contributed by atoms with E-state index in [2.05, 4.69) is 10.4 Å². The van der Waals surface area contributed by atoms with E-state index in [1.165, 1.54) is 59.4 Å². The van der Waals surface area contributed by atoms with Crippen LogP contribution in [0.3, 0.4) is 0 Å². The van der Waals surface area contributed by atoms with Gasteiger partial charge in [0.25, 0.3) is 5.91 Å². The van der Waals surface area contributed by atoms with Gasteiger partial charge in [-0.05, 0) is 60.5 Å². The number of nitrogens with zero attached hydrogens (tertiary/aromatic N) is 2. The number of sulfone groups is 2. The smallest absolute Gasteiger partial charge is 0.252 e. The van der Waals surface area contributed by atoms with E-state index in [-0.39, 0.29) is 15.4 Å². The molecule has 3 aromatic carbocycles. The van der Waals surface area contributed by atoms with E-state index in [0.29, 0.717) is 28.6 Å². The van der Waals surface area contributed by atoms with Crippen LogP contribution in [0, 0.1) is 5.82 Å². The van der Waals surface area contributed by atoms with Crippen LogP contribution in [0.5, 0.6) is 0 Å². The van der Waals surface area contributed by atoms with Gasteiger partial charge in [-0.3, -0.25) is 4.79 Å². The third-order valence-corrected chi connectivity index (χ3v) is 8.05. The Kier molecular flexibility index (Phi) is 6.72. The van der Waals surface area contributed by atoms with Gasteiger partial charge >= 0.3 is 0 Å². The molecule has 1 amide bonds. The highest BCUT2D eigenvalue weighted by Crippen LogP contribution is 2.28. The molecule has 4 rings (SSSR count). The van der Waals surface area contributed by atoms with Gasteiger partial charge < -0.3 is 5.32 Å². The number of fused-ring (bicyclic) bond motifs is 1. The van der Waals surface area contributed by atoms with Crippen molar-refractivity contribution < 1.29 is 26.0 Å². The molecule has 0 unspecified atom stereocenters. The van der Waals surface area contributed by atoms with E-state index < -0.39 is 37.4 Å². The van der Waals surface area contributed by atoms with E-state index in [1.807, 2.05) is 6.92 Å². The number of aromatic nitrogens is 2. The molecular formula is C25H24FN3O5S2. The normalized spacial score (nSPS) is 13.0. The molecule has 1 N–H and O–H groups in total. The van der Waals surface area contributed by atoms with Crippen molar-refractivity contribution in [2.45, 2.75) is 29.2 Å². The maximum atomic E-state index is 13.4. The van der Waals surface area contributed by atoms with Crippen molar-refractivity contribution in [1.29, 1.82) is 0 Å². The first-order valence-corrected chi connectivity index (χ1v) is 14.8. The Bertz CT molecular complexity index is 1660. The Morgan fingerprint density at radius 3 is 2.11 bits per heavy atom. The van der Waals surface area contributed by atoms with Gasteiger partial charge in [0.2, 0.25) is 0 Å². The Morgan fingerprint density at radius 1 is 0.944 bits per heavy atom. The second kappa shape index (κ2) is 9.47. The van der Waals surface area contributed by atoms with Crippen LogP contribution in [0.15, 0.2) is 76.7 Å².